The molecule has 0 aliphatic rings. The number of hydrogen-bond donors (Lipinski definition) is 1. The van der Waals surface area contributed by atoms with Gasteiger partial charge in [0.15, 0.2) is 0 Å². The molecule has 0 amide bonds. The van der Waals surface area contributed by atoms with Crippen LogP contribution in [0, 0.1) is 6.92 Å². The van der Waals surface area contributed by atoms with E-state index in [9.17, 15) is 0 Å². The molecule has 1 aromatic rings. The van der Waals surface area contributed by atoms with Crippen molar-refractivity contribution in [3.8, 4) is 0 Å². The Morgan fingerprint density at radius 2 is 1.81 bits per heavy atom. The van der Waals surface area contributed by atoms with Gasteiger partial charge in [-0.2, -0.15) is 0 Å². The molecule has 0 bridgehead atoms. The molecule has 3 nitrogen and oxygen atoms in total. The fourth-order valence-electron chi connectivity index (χ4n) is 2.01. The van der Waals surface area contributed by atoms with Crippen LogP contribution in [-0.2, 0) is 6.42 Å². The second kappa shape index (κ2) is 5.39. The van der Waals surface area contributed by atoms with E-state index in [-0.39, 0.29) is 6.04 Å². The molecule has 1 aromatic heterocycles. The zero-order chi connectivity index (χ0) is 12.3. The van der Waals surface area contributed by atoms with E-state index in [4.69, 9.17) is 0 Å². The van der Waals surface area contributed by atoms with Gasteiger partial charge in [0.05, 0.1) is 6.04 Å². The minimum Gasteiger partial charge on any atom is -0.311 e. The van der Waals surface area contributed by atoms with E-state index in [1.807, 2.05) is 7.05 Å². The summed E-state index contributed by atoms with van der Waals surface area (Å²) in [6.07, 6.45) is 0.973. The number of nitrogens with zero attached hydrogens (tertiary/aromatic N) is 2. The van der Waals surface area contributed by atoms with Crippen molar-refractivity contribution < 1.29 is 0 Å². The highest BCUT2D eigenvalue weighted by molar-refractivity contribution is 5.29. The SMILES string of the molecule is CCc1nc([C@@H](C)NC)nc(C)c1C(C)C. The number of aromatic nitrogens is 2. The molecular formula is C13H23N3. The second-order valence-electron chi connectivity index (χ2n) is 4.55. The molecule has 0 spiro atoms. The van der Waals surface area contributed by atoms with E-state index in [1.165, 1.54) is 11.3 Å². The molecule has 1 rings (SSSR count). The molecule has 0 aliphatic carbocycles. The van der Waals surface area contributed by atoms with Crippen LogP contribution in [-0.4, -0.2) is 17.0 Å². The fraction of sp³-hybridized carbons (Fsp3) is 0.692. The Morgan fingerprint density at radius 3 is 2.25 bits per heavy atom. The van der Waals surface area contributed by atoms with Gasteiger partial charge in [-0.3, -0.25) is 0 Å². The first-order valence-electron chi connectivity index (χ1n) is 6.05. The number of nitrogens with one attached hydrogen (secondary N) is 1. The summed E-state index contributed by atoms with van der Waals surface area (Å²) >= 11 is 0. The van der Waals surface area contributed by atoms with Crippen LogP contribution >= 0.6 is 0 Å². The summed E-state index contributed by atoms with van der Waals surface area (Å²) in [6, 6.07) is 0.213. The van der Waals surface area contributed by atoms with Gasteiger partial charge in [0.1, 0.15) is 5.82 Å². The summed E-state index contributed by atoms with van der Waals surface area (Å²) in [6.45, 7) is 10.7. The van der Waals surface area contributed by atoms with Crippen molar-refractivity contribution >= 4 is 0 Å². The highest BCUT2D eigenvalue weighted by atomic mass is 15.0. The van der Waals surface area contributed by atoms with Crippen LogP contribution in [0.2, 0.25) is 0 Å². The summed E-state index contributed by atoms with van der Waals surface area (Å²) in [5.74, 6) is 1.40. The Bertz CT molecular complexity index is 358. The maximum absolute atomic E-state index is 4.67. The molecule has 1 atom stereocenters. The van der Waals surface area contributed by atoms with E-state index in [0.29, 0.717) is 5.92 Å². The molecule has 16 heavy (non-hydrogen) atoms. The molecule has 0 fully saturated rings. The van der Waals surface area contributed by atoms with Crippen molar-refractivity contribution in [3.05, 3.63) is 22.8 Å². The lowest BCUT2D eigenvalue weighted by molar-refractivity contribution is 0.598. The summed E-state index contributed by atoms with van der Waals surface area (Å²) in [4.78, 5) is 9.27. The molecule has 0 unspecified atom stereocenters. The number of rotatable bonds is 4. The van der Waals surface area contributed by atoms with Crippen molar-refractivity contribution in [2.75, 3.05) is 7.05 Å². The first-order valence-corrected chi connectivity index (χ1v) is 6.05. The Kier molecular flexibility index (Phi) is 4.42. The maximum atomic E-state index is 4.67. The molecule has 0 radical (unpaired) electrons. The molecule has 1 heterocycles. The molecule has 0 saturated carbocycles. The van der Waals surface area contributed by atoms with Crippen LogP contribution in [0.4, 0.5) is 0 Å². The highest BCUT2D eigenvalue weighted by Crippen LogP contribution is 2.23. The monoisotopic (exact) mass is 221 g/mol. The van der Waals surface area contributed by atoms with E-state index in [0.717, 1.165) is 17.9 Å². The molecule has 0 aromatic carbocycles. The van der Waals surface area contributed by atoms with Gasteiger partial charge in [-0.25, -0.2) is 9.97 Å². The normalized spacial score (nSPS) is 13.2. The lowest BCUT2D eigenvalue weighted by Gasteiger charge is -2.17. The maximum Gasteiger partial charge on any atom is 0.145 e. The minimum atomic E-state index is 0.213. The standard InChI is InChI=1S/C13H23N3/c1-7-11-12(8(2)3)9(4)15-13(16-11)10(5)14-6/h8,10,14H,7H2,1-6H3/t10-/m1/s1. The molecule has 1 N–H and O–H groups in total. The summed E-state index contributed by atoms with van der Waals surface area (Å²) in [5, 5.41) is 3.18. The van der Waals surface area contributed by atoms with Crippen molar-refractivity contribution in [1.82, 2.24) is 15.3 Å². The molecule has 90 valence electrons. The van der Waals surface area contributed by atoms with Crippen LogP contribution in [0.5, 0.6) is 0 Å². The van der Waals surface area contributed by atoms with E-state index in [1.54, 1.807) is 0 Å². The average Bonchev–Trinajstić information content (AvgIpc) is 2.26. The van der Waals surface area contributed by atoms with Crippen LogP contribution in [0.3, 0.4) is 0 Å². The van der Waals surface area contributed by atoms with Gasteiger partial charge in [-0.15, -0.1) is 0 Å². The number of aryl methyl sites for hydroxylation is 2. The lowest BCUT2D eigenvalue weighted by atomic mass is 9.98. The minimum absolute atomic E-state index is 0.213. The van der Waals surface area contributed by atoms with Gasteiger partial charge < -0.3 is 5.32 Å². The van der Waals surface area contributed by atoms with Gasteiger partial charge in [0.2, 0.25) is 0 Å². The van der Waals surface area contributed by atoms with Gasteiger partial charge in [-0.05, 0) is 38.8 Å². The largest absolute Gasteiger partial charge is 0.311 e. The van der Waals surface area contributed by atoms with Crippen LogP contribution < -0.4 is 5.32 Å². The fourth-order valence-corrected chi connectivity index (χ4v) is 2.01. The molecule has 0 saturated heterocycles. The summed E-state index contributed by atoms with van der Waals surface area (Å²) in [7, 11) is 1.94. The van der Waals surface area contributed by atoms with Crippen LogP contribution in [0.25, 0.3) is 0 Å². The van der Waals surface area contributed by atoms with Crippen LogP contribution in [0.15, 0.2) is 0 Å². The Hall–Kier alpha value is -0.960. The molecular weight excluding hydrogens is 198 g/mol. The third-order valence-corrected chi connectivity index (χ3v) is 2.97. The topological polar surface area (TPSA) is 37.8 Å². The van der Waals surface area contributed by atoms with Crippen molar-refractivity contribution in [2.24, 2.45) is 0 Å². The predicted octanol–water partition coefficient (Wildman–Crippen LogP) is 2.75. The highest BCUT2D eigenvalue weighted by Gasteiger charge is 2.15. The van der Waals surface area contributed by atoms with Crippen molar-refractivity contribution in [1.29, 1.82) is 0 Å². The Balaban J connectivity index is 3.26. The van der Waals surface area contributed by atoms with Crippen molar-refractivity contribution in [3.63, 3.8) is 0 Å². The Labute approximate surface area is 98.7 Å². The van der Waals surface area contributed by atoms with Gasteiger partial charge in [0.25, 0.3) is 0 Å². The first kappa shape index (κ1) is 13.1. The molecule has 3 heteroatoms. The Morgan fingerprint density at radius 1 is 1.19 bits per heavy atom. The molecule has 0 aliphatic heterocycles. The number of hydrogen-bond acceptors (Lipinski definition) is 3. The summed E-state index contributed by atoms with van der Waals surface area (Å²) in [5.41, 5.74) is 3.63. The van der Waals surface area contributed by atoms with Gasteiger partial charge in [0, 0.05) is 11.4 Å². The smallest absolute Gasteiger partial charge is 0.145 e. The quantitative estimate of drug-likeness (QED) is 0.849. The summed E-state index contributed by atoms with van der Waals surface area (Å²) < 4.78 is 0. The third kappa shape index (κ3) is 2.59. The van der Waals surface area contributed by atoms with Gasteiger partial charge in [-0.1, -0.05) is 20.8 Å². The zero-order valence-electron chi connectivity index (χ0n) is 11.3. The van der Waals surface area contributed by atoms with E-state index < -0.39 is 0 Å². The average molecular weight is 221 g/mol. The van der Waals surface area contributed by atoms with E-state index in [2.05, 4.69) is 49.9 Å². The first-order chi connectivity index (χ1) is 7.51. The zero-order valence-corrected chi connectivity index (χ0v) is 11.3. The van der Waals surface area contributed by atoms with E-state index >= 15 is 0 Å². The third-order valence-electron chi connectivity index (χ3n) is 2.97. The lowest BCUT2D eigenvalue weighted by Crippen LogP contribution is -2.18. The predicted molar refractivity (Wildman–Crippen MR) is 67.7 cm³/mol. The van der Waals surface area contributed by atoms with Gasteiger partial charge >= 0.3 is 0 Å². The second-order valence-corrected chi connectivity index (χ2v) is 4.55. The van der Waals surface area contributed by atoms with Crippen LogP contribution in [0.1, 0.15) is 62.4 Å². The van der Waals surface area contributed by atoms with Crippen molar-refractivity contribution in [2.45, 2.75) is 53.0 Å².